The van der Waals surface area contributed by atoms with Crippen molar-refractivity contribution in [2.75, 3.05) is 45.8 Å². The van der Waals surface area contributed by atoms with Crippen molar-refractivity contribution in [2.24, 2.45) is 5.92 Å². The van der Waals surface area contributed by atoms with E-state index in [9.17, 15) is 19.5 Å². The van der Waals surface area contributed by atoms with Gasteiger partial charge in [0.2, 0.25) is 0 Å². The maximum Gasteiger partial charge on any atom is 0.341 e. The van der Waals surface area contributed by atoms with Crippen LogP contribution in [0.1, 0.15) is 46.8 Å². The molecule has 2 aliphatic rings. The monoisotopic (exact) mass is 474 g/mol. The number of benzene rings is 1. The topological polar surface area (TPSA) is 129 Å². The minimum absolute atomic E-state index is 0.126. The number of fused-ring (bicyclic) bond motifs is 1. The van der Waals surface area contributed by atoms with Crippen LogP contribution in [-0.4, -0.2) is 68.4 Å². The van der Waals surface area contributed by atoms with Gasteiger partial charge in [-0.2, -0.15) is 0 Å². The Balaban J connectivity index is 1.85. The average molecular weight is 475 g/mol. The summed E-state index contributed by atoms with van der Waals surface area (Å²) in [5, 5.41) is 18.2. The number of nitrogens with zero attached hydrogens (tertiary/aromatic N) is 1. The number of cyclic esters (lactones) is 1. The van der Waals surface area contributed by atoms with Crippen LogP contribution < -0.4 is 20.7 Å². The number of amides is 2. The summed E-state index contributed by atoms with van der Waals surface area (Å²) in [6.07, 6.45) is 3.28. The van der Waals surface area contributed by atoms with E-state index in [-0.39, 0.29) is 6.61 Å². The van der Waals surface area contributed by atoms with Gasteiger partial charge in [0.15, 0.2) is 0 Å². The van der Waals surface area contributed by atoms with Gasteiger partial charge in [-0.15, -0.1) is 0 Å². The Morgan fingerprint density at radius 1 is 1.38 bits per heavy atom. The van der Waals surface area contributed by atoms with Crippen molar-refractivity contribution in [2.45, 2.75) is 39.7 Å². The number of allylic oxidation sites excluding steroid dienone is 2. The van der Waals surface area contributed by atoms with Crippen molar-refractivity contribution >= 4 is 23.7 Å². The fourth-order valence-corrected chi connectivity index (χ4v) is 4.51. The van der Waals surface area contributed by atoms with Crippen molar-refractivity contribution in [1.29, 1.82) is 0 Å². The first kappa shape index (κ1) is 25.5. The SMILES string of the molecule is CNC(=O)Nc1c(C/C=C(\C)CC(CCN2CCNC2)C(=O)O)c(OC)c(C)c2c1C(=O)OC2. The van der Waals surface area contributed by atoms with E-state index in [4.69, 9.17) is 9.47 Å². The first-order valence-electron chi connectivity index (χ1n) is 11.5. The number of carbonyl (C=O) groups is 3. The highest BCUT2D eigenvalue weighted by Gasteiger charge is 2.32. The molecule has 1 unspecified atom stereocenters. The number of hydrogen-bond donors (Lipinski definition) is 4. The number of carbonyl (C=O) groups excluding carboxylic acids is 2. The summed E-state index contributed by atoms with van der Waals surface area (Å²) in [6, 6.07) is -0.461. The number of nitrogens with one attached hydrogen (secondary N) is 3. The van der Waals surface area contributed by atoms with E-state index >= 15 is 0 Å². The van der Waals surface area contributed by atoms with Crippen LogP contribution >= 0.6 is 0 Å². The molecule has 1 saturated heterocycles. The van der Waals surface area contributed by atoms with Gasteiger partial charge in [-0.25, -0.2) is 9.59 Å². The lowest BCUT2D eigenvalue weighted by molar-refractivity contribution is -0.142. The zero-order chi connectivity index (χ0) is 24.8. The molecule has 0 saturated carbocycles. The van der Waals surface area contributed by atoms with E-state index in [0.29, 0.717) is 47.4 Å². The number of rotatable bonds is 10. The molecule has 2 heterocycles. The van der Waals surface area contributed by atoms with Gasteiger partial charge in [0, 0.05) is 44.5 Å². The fourth-order valence-electron chi connectivity index (χ4n) is 4.51. The molecule has 2 amide bonds. The summed E-state index contributed by atoms with van der Waals surface area (Å²) in [4.78, 5) is 38.7. The highest BCUT2D eigenvalue weighted by molar-refractivity contribution is 6.05. The molecule has 1 aromatic rings. The molecule has 0 aliphatic carbocycles. The van der Waals surface area contributed by atoms with E-state index in [1.165, 1.54) is 7.05 Å². The summed E-state index contributed by atoms with van der Waals surface area (Å²) >= 11 is 0. The smallest absolute Gasteiger partial charge is 0.341 e. The summed E-state index contributed by atoms with van der Waals surface area (Å²) in [6.45, 7) is 7.28. The lowest BCUT2D eigenvalue weighted by Gasteiger charge is -2.20. The number of esters is 1. The molecular formula is C24H34N4O6. The predicted molar refractivity (Wildman–Crippen MR) is 127 cm³/mol. The molecule has 10 heteroatoms. The minimum Gasteiger partial charge on any atom is -0.496 e. The number of anilines is 1. The van der Waals surface area contributed by atoms with E-state index in [1.807, 2.05) is 19.9 Å². The van der Waals surface area contributed by atoms with Crippen LogP contribution in [0.2, 0.25) is 0 Å². The highest BCUT2D eigenvalue weighted by Crippen LogP contribution is 2.41. The van der Waals surface area contributed by atoms with Crippen LogP contribution in [0.25, 0.3) is 0 Å². The quantitative estimate of drug-likeness (QED) is 0.300. The van der Waals surface area contributed by atoms with Crippen molar-refractivity contribution in [3.63, 3.8) is 0 Å². The number of carboxylic acid groups (broad SMARTS) is 1. The van der Waals surface area contributed by atoms with Gasteiger partial charge in [-0.3, -0.25) is 9.69 Å². The summed E-state index contributed by atoms with van der Waals surface area (Å²) < 4.78 is 10.9. The number of carboxylic acids is 1. The molecule has 2 aliphatic heterocycles. The Kier molecular flexibility index (Phi) is 8.51. The Morgan fingerprint density at radius 2 is 2.15 bits per heavy atom. The molecule has 3 rings (SSSR count). The van der Waals surface area contributed by atoms with Crippen LogP contribution in [0, 0.1) is 12.8 Å². The Morgan fingerprint density at radius 3 is 2.76 bits per heavy atom. The molecule has 0 aromatic heterocycles. The number of urea groups is 1. The lowest BCUT2D eigenvalue weighted by atomic mass is 9.92. The van der Waals surface area contributed by atoms with E-state index in [1.54, 1.807) is 7.11 Å². The zero-order valence-corrected chi connectivity index (χ0v) is 20.2. The molecule has 4 N–H and O–H groups in total. The van der Waals surface area contributed by atoms with Crippen molar-refractivity contribution in [3.05, 3.63) is 33.9 Å². The minimum atomic E-state index is -0.810. The maximum absolute atomic E-state index is 12.5. The predicted octanol–water partition coefficient (Wildman–Crippen LogP) is 2.26. The normalized spacial score (nSPS) is 16.7. The van der Waals surface area contributed by atoms with Crippen LogP contribution in [0.15, 0.2) is 11.6 Å². The highest BCUT2D eigenvalue weighted by atomic mass is 16.5. The number of hydrogen-bond acceptors (Lipinski definition) is 7. The van der Waals surface area contributed by atoms with Crippen LogP contribution in [0.3, 0.4) is 0 Å². The Hall–Kier alpha value is -3.11. The van der Waals surface area contributed by atoms with Gasteiger partial charge < -0.3 is 30.5 Å². The maximum atomic E-state index is 12.5. The fraction of sp³-hybridized carbons (Fsp3) is 0.542. The van der Waals surface area contributed by atoms with Gasteiger partial charge in [0.05, 0.1) is 24.3 Å². The Bertz CT molecular complexity index is 984. The van der Waals surface area contributed by atoms with Crippen molar-refractivity contribution < 1.29 is 29.0 Å². The second-order valence-electron chi connectivity index (χ2n) is 8.70. The van der Waals surface area contributed by atoms with E-state index in [2.05, 4.69) is 20.9 Å². The van der Waals surface area contributed by atoms with Crippen molar-refractivity contribution in [1.82, 2.24) is 15.5 Å². The standard InChI is InChI=1S/C24H34N4O6/c1-14(11-16(22(29)30)7-9-28-10-8-26-13-28)5-6-17-20(27-24(32)25-3)19-18(12-34-23(19)31)15(2)21(17)33-4/h5,16,26H,6-13H2,1-4H3,(H,29,30)(H2,25,27,32)/b14-5+. The third kappa shape index (κ3) is 5.68. The molecule has 1 aromatic carbocycles. The number of ether oxygens (including phenoxy) is 2. The molecule has 1 fully saturated rings. The summed E-state index contributed by atoms with van der Waals surface area (Å²) in [5.74, 6) is -1.21. The third-order valence-electron chi connectivity index (χ3n) is 6.45. The lowest BCUT2D eigenvalue weighted by Crippen LogP contribution is -2.27. The largest absolute Gasteiger partial charge is 0.496 e. The molecule has 10 nitrogen and oxygen atoms in total. The Labute approximate surface area is 199 Å². The van der Waals surface area contributed by atoms with Gasteiger partial charge >= 0.3 is 18.0 Å². The van der Waals surface area contributed by atoms with Crippen LogP contribution in [0.5, 0.6) is 5.75 Å². The van der Waals surface area contributed by atoms with Gasteiger partial charge in [-0.1, -0.05) is 11.6 Å². The third-order valence-corrected chi connectivity index (χ3v) is 6.45. The van der Waals surface area contributed by atoms with Crippen molar-refractivity contribution in [3.8, 4) is 5.75 Å². The van der Waals surface area contributed by atoms with Gasteiger partial charge in [0.25, 0.3) is 0 Å². The van der Waals surface area contributed by atoms with Crippen LogP contribution in [-0.2, 0) is 22.6 Å². The molecule has 1 atom stereocenters. The molecular weight excluding hydrogens is 440 g/mol. The van der Waals surface area contributed by atoms with Crippen LogP contribution in [0.4, 0.5) is 10.5 Å². The second kappa shape index (κ2) is 11.3. The average Bonchev–Trinajstić information content (AvgIpc) is 3.46. The summed E-state index contributed by atoms with van der Waals surface area (Å²) in [7, 11) is 3.04. The van der Waals surface area contributed by atoms with Gasteiger partial charge in [0.1, 0.15) is 12.4 Å². The van der Waals surface area contributed by atoms with Gasteiger partial charge in [-0.05, 0) is 38.7 Å². The number of methoxy groups -OCH3 is 1. The molecule has 0 bridgehead atoms. The first-order valence-corrected chi connectivity index (χ1v) is 11.5. The molecule has 0 spiro atoms. The first-order chi connectivity index (χ1) is 16.3. The van der Waals surface area contributed by atoms with E-state index in [0.717, 1.165) is 37.4 Å². The van der Waals surface area contributed by atoms with E-state index < -0.39 is 23.9 Å². The summed E-state index contributed by atoms with van der Waals surface area (Å²) in [5.41, 5.74) is 3.75. The molecule has 186 valence electrons. The molecule has 0 radical (unpaired) electrons. The molecule has 34 heavy (non-hydrogen) atoms. The zero-order valence-electron chi connectivity index (χ0n) is 20.2. The second-order valence-corrected chi connectivity index (χ2v) is 8.70. The number of aliphatic carboxylic acids is 1.